The summed E-state index contributed by atoms with van der Waals surface area (Å²) in [6.07, 6.45) is 7.50. The monoisotopic (exact) mass is 524 g/mol. The number of rotatable bonds is 7. The third-order valence-corrected chi connectivity index (χ3v) is 5.52. The van der Waals surface area contributed by atoms with E-state index in [1.807, 2.05) is 27.9 Å². The van der Waals surface area contributed by atoms with Crippen molar-refractivity contribution >= 4 is 16.3 Å². The molecule has 4 N–H and O–H groups in total. The van der Waals surface area contributed by atoms with Crippen LogP contribution in [0.15, 0.2) is 77.5 Å². The van der Waals surface area contributed by atoms with Crippen molar-refractivity contribution in [1.82, 2.24) is 10.2 Å². The lowest BCUT2D eigenvalue weighted by Gasteiger charge is -2.37. The first-order chi connectivity index (χ1) is 17.0. The van der Waals surface area contributed by atoms with E-state index >= 15 is 0 Å². The summed E-state index contributed by atoms with van der Waals surface area (Å²) in [5.41, 5.74) is 7.41. The van der Waals surface area contributed by atoms with Crippen molar-refractivity contribution in [2.24, 2.45) is 5.73 Å². The van der Waals surface area contributed by atoms with Gasteiger partial charge in [0.2, 0.25) is 0 Å². The first kappa shape index (κ1) is 35.2. The molecule has 0 aromatic heterocycles. The van der Waals surface area contributed by atoms with Crippen LogP contribution in [-0.4, -0.2) is 42.7 Å². The topological polar surface area (TPSA) is 125 Å². The molecule has 0 atom stereocenters. The zero-order valence-corrected chi connectivity index (χ0v) is 23.3. The maximum absolute atomic E-state index is 13.9. The van der Waals surface area contributed by atoms with Gasteiger partial charge in [-0.05, 0) is 46.4 Å². The van der Waals surface area contributed by atoms with Crippen LogP contribution in [-0.2, 0) is 14.8 Å². The number of halogens is 1. The highest BCUT2D eigenvalue weighted by atomic mass is 32.2. The van der Waals surface area contributed by atoms with Gasteiger partial charge in [0, 0.05) is 42.2 Å². The lowest BCUT2D eigenvalue weighted by molar-refractivity contribution is -0.384. The SMILES string of the molecule is C=C/C(N)=C(C=C)/C(=C/CC)N1CCC(C)(F)CC1.CC.CNC.N=[S-](=O)c1ccc([N+](=O)[O-])cc1. The number of nitrogens with zero attached hydrogens (tertiary/aromatic N) is 2. The molecule has 1 heterocycles. The van der Waals surface area contributed by atoms with Crippen molar-refractivity contribution in [3.05, 3.63) is 82.7 Å². The summed E-state index contributed by atoms with van der Waals surface area (Å²) >= 11 is 0. The molecule has 204 valence electrons. The van der Waals surface area contributed by atoms with Crippen LogP contribution in [0.1, 0.15) is 47.0 Å². The zero-order valence-electron chi connectivity index (χ0n) is 22.5. The van der Waals surface area contributed by atoms with Crippen molar-refractivity contribution in [2.45, 2.75) is 57.5 Å². The first-order valence-electron chi connectivity index (χ1n) is 11.8. The van der Waals surface area contributed by atoms with E-state index in [9.17, 15) is 18.7 Å². The normalized spacial score (nSPS) is 15.0. The predicted molar refractivity (Wildman–Crippen MR) is 149 cm³/mol. The van der Waals surface area contributed by atoms with Gasteiger partial charge in [-0.25, -0.2) is 4.39 Å². The molecular formula is C26H43FN5O3S-. The summed E-state index contributed by atoms with van der Waals surface area (Å²) in [5.74, 6) is 0. The maximum Gasteiger partial charge on any atom is 0.269 e. The van der Waals surface area contributed by atoms with Crippen LogP contribution >= 0.6 is 0 Å². The van der Waals surface area contributed by atoms with Gasteiger partial charge in [0.15, 0.2) is 0 Å². The molecule has 1 aromatic carbocycles. The average Bonchev–Trinajstić information content (AvgIpc) is 2.86. The van der Waals surface area contributed by atoms with Crippen LogP contribution in [0.25, 0.3) is 0 Å². The van der Waals surface area contributed by atoms with Crippen LogP contribution in [0.3, 0.4) is 0 Å². The number of nitrogens with one attached hydrogen (secondary N) is 2. The minimum absolute atomic E-state index is 0.0656. The Bertz CT molecular complexity index is 937. The molecule has 1 aliphatic heterocycles. The number of hydrogen-bond donors (Lipinski definition) is 3. The first-order valence-corrected chi connectivity index (χ1v) is 13.0. The van der Waals surface area contributed by atoms with Crippen molar-refractivity contribution in [2.75, 3.05) is 27.2 Å². The predicted octanol–water partition coefficient (Wildman–Crippen LogP) is 6.23. The van der Waals surface area contributed by atoms with Gasteiger partial charge >= 0.3 is 0 Å². The van der Waals surface area contributed by atoms with Crippen molar-refractivity contribution in [3.63, 3.8) is 0 Å². The van der Waals surface area contributed by atoms with Gasteiger partial charge in [0.1, 0.15) is 5.67 Å². The van der Waals surface area contributed by atoms with E-state index in [4.69, 9.17) is 10.5 Å². The Morgan fingerprint density at radius 2 is 1.72 bits per heavy atom. The van der Waals surface area contributed by atoms with E-state index in [2.05, 4.69) is 36.4 Å². The summed E-state index contributed by atoms with van der Waals surface area (Å²) < 4.78 is 31.2. The highest BCUT2D eigenvalue weighted by molar-refractivity contribution is 7.73. The number of benzene rings is 1. The lowest BCUT2D eigenvalue weighted by atomic mass is 9.94. The second-order valence-electron chi connectivity index (χ2n) is 7.70. The lowest BCUT2D eigenvalue weighted by Crippen LogP contribution is -2.40. The molecule has 0 aliphatic carbocycles. The molecule has 0 bridgehead atoms. The van der Waals surface area contributed by atoms with Gasteiger partial charge in [-0.15, -0.1) is 0 Å². The van der Waals surface area contributed by atoms with E-state index in [1.165, 1.54) is 24.3 Å². The Balaban J connectivity index is 0. The van der Waals surface area contributed by atoms with Gasteiger partial charge in [0.05, 0.1) is 4.92 Å². The molecule has 36 heavy (non-hydrogen) atoms. The second kappa shape index (κ2) is 19.2. The summed E-state index contributed by atoms with van der Waals surface area (Å²) in [5, 5.41) is 12.9. The molecule has 1 fully saturated rings. The maximum atomic E-state index is 13.9. The second-order valence-corrected chi connectivity index (χ2v) is 8.70. The van der Waals surface area contributed by atoms with Crippen LogP contribution in [0, 0.1) is 14.9 Å². The number of alkyl halides is 1. The van der Waals surface area contributed by atoms with Crippen LogP contribution in [0.4, 0.5) is 10.1 Å². The Morgan fingerprint density at radius 3 is 2.06 bits per heavy atom. The molecule has 0 saturated carbocycles. The Labute approximate surface area is 218 Å². The molecule has 0 spiro atoms. The van der Waals surface area contributed by atoms with Gasteiger partial charge in [-0.1, -0.05) is 63.1 Å². The van der Waals surface area contributed by atoms with Gasteiger partial charge in [-0.2, -0.15) is 10.6 Å². The largest absolute Gasteiger partial charge is 0.440 e. The summed E-state index contributed by atoms with van der Waals surface area (Å²) in [7, 11) is 1.93. The number of nitro benzene ring substituents is 1. The molecule has 0 amide bonds. The van der Waals surface area contributed by atoms with Crippen molar-refractivity contribution in [3.8, 4) is 0 Å². The van der Waals surface area contributed by atoms with E-state index in [0.717, 1.165) is 17.7 Å². The third-order valence-electron chi connectivity index (χ3n) is 4.82. The summed E-state index contributed by atoms with van der Waals surface area (Å²) in [4.78, 5) is 12.1. The molecule has 1 aliphatic rings. The van der Waals surface area contributed by atoms with E-state index in [-0.39, 0.29) is 10.6 Å². The van der Waals surface area contributed by atoms with Crippen LogP contribution in [0.5, 0.6) is 0 Å². The van der Waals surface area contributed by atoms with Gasteiger partial charge < -0.3 is 24.9 Å². The summed E-state index contributed by atoms with van der Waals surface area (Å²) in [6.45, 7) is 16.7. The average molecular weight is 525 g/mol. The quantitative estimate of drug-likeness (QED) is 0.168. The molecule has 10 heteroatoms. The molecule has 0 radical (unpaired) electrons. The fraction of sp³-hybridized carbons (Fsp3) is 0.462. The smallest absolute Gasteiger partial charge is 0.269 e. The Kier molecular flexibility index (Phi) is 18.8. The highest BCUT2D eigenvalue weighted by Gasteiger charge is 2.30. The molecular weight excluding hydrogens is 481 g/mol. The number of allylic oxidation sites excluding steroid dienone is 3. The number of piperidine rings is 1. The van der Waals surface area contributed by atoms with E-state index in [1.54, 1.807) is 19.1 Å². The van der Waals surface area contributed by atoms with Gasteiger partial charge in [-0.3, -0.25) is 10.1 Å². The van der Waals surface area contributed by atoms with Crippen molar-refractivity contribution < 1.29 is 13.5 Å². The third kappa shape index (κ3) is 13.2. The molecule has 0 unspecified atom stereocenters. The molecule has 1 aromatic rings. The molecule has 2 rings (SSSR count). The van der Waals surface area contributed by atoms with Crippen molar-refractivity contribution in [1.29, 1.82) is 4.78 Å². The van der Waals surface area contributed by atoms with Gasteiger partial charge in [0.25, 0.3) is 5.69 Å². The van der Waals surface area contributed by atoms with E-state index < -0.39 is 21.2 Å². The zero-order chi connectivity index (χ0) is 28.3. The molecule has 1 saturated heterocycles. The standard InChI is InChI=1S/C16H25FN2.C6H5N2O3S.C2H7N.C2H6/c1-5-8-15(13(6-2)14(18)7-3)19-11-9-16(4,17)10-12-19;7-12(11)6-3-1-5(2-4-6)8(9)10;1-3-2;1-2/h6-8H,2-3,5,9-12,18H2,1,4H3;1-4,7H;3H,1-2H3;1-2H3/q;-1;;/b14-13-,15-8-;;;. The number of hydrogen-bond acceptors (Lipinski definition) is 8. The number of nitro groups is 1. The Hall–Kier alpha value is -2.98. The number of non-ortho nitro benzene ring substituents is 1. The minimum Gasteiger partial charge on any atom is -0.440 e. The number of nitrogens with two attached hydrogens (primary N) is 1. The fourth-order valence-electron chi connectivity index (χ4n) is 2.99. The van der Waals surface area contributed by atoms with Crippen LogP contribution in [0.2, 0.25) is 0 Å². The Morgan fingerprint density at radius 1 is 1.25 bits per heavy atom. The fourth-order valence-corrected chi connectivity index (χ4v) is 3.37. The molecule has 8 nitrogen and oxygen atoms in total. The number of likely N-dealkylation sites (tertiary alicyclic amines) is 1. The van der Waals surface area contributed by atoms with Crippen LogP contribution < -0.4 is 11.1 Å². The van der Waals surface area contributed by atoms with E-state index in [0.29, 0.717) is 31.6 Å². The minimum atomic E-state index is -1.82. The highest BCUT2D eigenvalue weighted by Crippen LogP contribution is 2.30. The summed E-state index contributed by atoms with van der Waals surface area (Å²) in [6, 6.07) is 5.06.